The highest BCUT2D eigenvalue weighted by Crippen LogP contribution is 2.42. The van der Waals surface area contributed by atoms with Gasteiger partial charge in [0.1, 0.15) is 6.29 Å². The van der Waals surface area contributed by atoms with Crippen LogP contribution in [0.15, 0.2) is 18.2 Å². The summed E-state index contributed by atoms with van der Waals surface area (Å²) in [5.74, 6) is 0. The molecule has 0 amide bonds. The fourth-order valence-corrected chi connectivity index (χ4v) is 1.61. The minimum absolute atomic E-state index is 0.0960. The fourth-order valence-electron chi connectivity index (χ4n) is 1.61. The molecule has 1 aromatic rings. The van der Waals surface area contributed by atoms with Crippen LogP contribution in [-0.4, -0.2) is 12.5 Å². The first-order chi connectivity index (χ1) is 7.02. The third-order valence-electron chi connectivity index (χ3n) is 2.29. The van der Waals surface area contributed by atoms with E-state index in [1.807, 2.05) is 0 Å². The van der Waals surface area contributed by atoms with E-state index in [0.717, 1.165) is 0 Å². The maximum absolute atomic E-state index is 12.4. The van der Waals surface area contributed by atoms with Gasteiger partial charge in [-0.1, -0.05) is 12.1 Å². The van der Waals surface area contributed by atoms with Crippen LogP contribution in [0.3, 0.4) is 0 Å². The van der Waals surface area contributed by atoms with Gasteiger partial charge in [0.2, 0.25) is 0 Å². The lowest BCUT2D eigenvalue weighted by molar-refractivity contribution is -0.219. The molecule has 0 N–H and O–H groups in total. The third-order valence-corrected chi connectivity index (χ3v) is 2.29. The van der Waals surface area contributed by atoms with Gasteiger partial charge in [-0.15, -0.1) is 0 Å². The summed E-state index contributed by atoms with van der Waals surface area (Å²) in [6.45, 7) is -0.0960. The molecule has 0 fully saturated rings. The van der Waals surface area contributed by atoms with Gasteiger partial charge in [-0.2, -0.15) is 13.2 Å². The lowest BCUT2D eigenvalue weighted by Crippen LogP contribution is -2.19. The third kappa shape index (κ3) is 1.74. The Morgan fingerprint density at radius 2 is 2.13 bits per heavy atom. The molecule has 0 saturated heterocycles. The molecule has 1 aliphatic heterocycles. The molecule has 5 heteroatoms. The summed E-state index contributed by atoms with van der Waals surface area (Å²) in [5, 5.41) is 0. The number of aldehydes is 1. The minimum atomic E-state index is -4.39. The summed E-state index contributed by atoms with van der Waals surface area (Å²) in [4.78, 5) is 10.4. The van der Waals surface area contributed by atoms with E-state index in [1.165, 1.54) is 18.2 Å². The van der Waals surface area contributed by atoms with E-state index in [4.69, 9.17) is 0 Å². The lowest BCUT2D eigenvalue weighted by atomic mass is 10.0. The Bertz CT molecular complexity index is 398. The molecule has 0 spiro atoms. The van der Waals surface area contributed by atoms with Gasteiger partial charge in [-0.3, -0.25) is 4.79 Å². The van der Waals surface area contributed by atoms with Crippen LogP contribution in [0.25, 0.3) is 0 Å². The molecule has 0 aliphatic carbocycles. The normalized spacial score (nSPS) is 20.1. The van der Waals surface area contributed by atoms with Crippen LogP contribution in [0.1, 0.15) is 27.6 Å². The molecule has 15 heavy (non-hydrogen) atoms. The zero-order valence-corrected chi connectivity index (χ0v) is 7.54. The van der Waals surface area contributed by atoms with E-state index in [-0.39, 0.29) is 12.2 Å². The van der Waals surface area contributed by atoms with Crippen molar-refractivity contribution in [2.45, 2.75) is 18.9 Å². The SMILES string of the molecule is O=Cc1ccc2c(c1)COC2C(F)(F)F. The number of hydrogen-bond donors (Lipinski definition) is 0. The van der Waals surface area contributed by atoms with Gasteiger partial charge in [0.15, 0.2) is 6.10 Å². The van der Waals surface area contributed by atoms with Gasteiger partial charge in [-0.25, -0.2) is 0 Å². The molecular formula is C10H7F3O2. The second-order valence-corrected chi connectivity index (χ2v) is 3.31. The van der Waals surface area contributed by atoms with E-state index >= 15 is 0 Å². The van der Waals surface area contributed by atoms with Crippen LogP contribution in [0.2, 0.25) is 0 Å². The maximum Gasteiger partial charge on any atom is 0.418 e. The van der Waals surface area contributed by atoms with Crippen LogP contribution in [0, 0.1) is 0 Å². The summed E-state index contributed by atoms with van der Waals surface area (Å²) in [6, 6.07) is 4.08. The molecule has 1 unspecified atom stereocenters. The van der Waals surface area contributed by atoms with E-state index in [9.17, 15) is 18.0 Å². The molecule has 0 aromatic heterocycles. The molecular weight excluding hydrogens is 209 g/mol. The molecule has 0 bridgehead atoms. The van der Waals surface area contributed by atoms with Crippen molar-refractivity contribution in [1.82, 2.24) is 0 Å². The van der Waals surface area contributed by atoms with E-state index < -0.39 is 12.3 Å². The van der Waals surface area contributed by atoms with Gasteiger partial charge >= 0.3 is 6.18 Å². The van der Waals surface area contributed by atoms with Crippen molar-refractivity contribution < 1.29 is 22.7 Å². The summed E-state index contributed by atoms with van der Waals surface area (Å²) in [5.41, 5.74) is 0.898. The standard InChI is InChI=1S/C10H7F3O2/c11-10(12,13)9-8-2-1-6(4-14)3-7(8)5-15-9/h1-4,9H,5H2. The quantitative estimate of drug-likeness (QED) is 0.674. The number of hydrogen-bond acceptors (Lipinski definition) is 2. The molecule has 2 nitrogen and oxygen atoms in total. The second kappa shape index (κ2) is 3.34. The minimum Gasteiger partial charge on any atom is -0.359 e. The number of alkyl halides is 3. The number of carbonyl (C=O) groups is 1. The number of benzene rings is 1. The average Bonchev–Trinajstić information content (AvgIpc) is 2.59. The van der Waals surface area contributed by atoms with Crippen molar-refractivity contribution in [1.29, 1.82) is 0 Å². The van der Waals surface area contributed by atoms with Gasteiger partial charge in [0.05, 0.1) is 6.61 Å². The number of rotatable bonds is 1. The summed E-state index contributed by atoms with van der Waals surface area (Å²) < 4.78 is 41.9. The van der Waals surface area contributed by atoms with Crippen molar-refractivity contribution in [3.8, 4) is 0 Å². The Hall–Kier alpha value is -1.36. The Morgan fingerprint density at radius 1 is 1.40 bits per heavy atom. The number of fused-ring (bicyclic) bond motifs is 1. The van der Waals surface area contributed by atoms with Gasteiger partial charge < -0.3 is 4.74 Å². The maximum atomic E-state index is 12.4. The van der Waals surface area contributed by atoms with Crippen molar-refractivity contribution in [2.75, 3.05) is 0 Å². The summed E-state index contributed by atoms with van der Waals surface area (Å²) in [7, 11) is 0. The Morgan fingerprint density at radius 3 is 2.73 bits per heavy atom. The van der Waals surface area contributed by atoms with E-state index in [0.29, 0.717) is 17.4 Å². The highest BCUT2D eigenvalue weighted by Gasteiger charge is 2.45. The Kier molecular flexibility index (Phi) is 2.26. The van der Waals surface area contributed by atoms with Crippen molar-refractivity contribution in [2.24, 2.45) is 0 Å². The molecule has 0 radical (unpaired) electrons. The smallest absolute Gasteiger partial charge is 0.359 e. The topological polar surface area (TPSA) is 26.3 Å². The number of carbonyl (C=O) groups excluding carboxylic acids is 1. The van der Waals surface area contributed by atoms with E-state index in [2.05, 4.69) is 4.74 Å². The largest absolute Gasteiger partial charge is 0.418 e. The highest BCUT2D eigenvalue weighted by atomic mass is 19.4. The van der Waals surface area contributed by atoms with Gasteiger partial charge in [0, 0.05) is 5.56 Å². The van der Waals surface area contributed by atoms with Crippen LogP contribution in [0.5, 0.6) is 0 Å². The van der Waals surface area contributed by atoms with Crippen LogP contribution < -0.4 is 0 Å². The highest BCUT2D eigenvalue weighted by molar-refractivity contribution is 5.75. The molecule has 1 aromatic carbocycles. The second-order valence-electron chi connectivity index (χ2n) is 3.31. The van der Waals surface area contributed by atoms with Crippen LogP contribution in [0.4, 0.5) is 13.2 Å². The zero-order chi connectivity index (χ0) is 11.1. The Balaban J connectivity index is 2.40. The van der Waals surface area contributed by atoms with E-state index in [1.54, 1.807) is 0 Å². The molecule has 0 saturated carbocycles. The van der Waals surface area contributed by atoms with Crippen LogP contribution >= 0.6 is 0 Å². The first-order valence-electron chi connectivity index (χ1n) is 4.28. The molecule has 80 valence electrons. The monoisotopic (exact) mass is 216 g/mol. The summed E-state index contributed by atoms with van der Waals surface area (Å²) >= 11 is 0. The predicted octanol–water partition coefficient (Wildman–Crippen LogP) is 2.63. The fraction of sp³-hybridized carbons (Fsp3) is 0.300. The first-order valence-corrected chi connectivity index (χ1v) is 4.28. The molecule has 1 aliphatic rings. The van der Waals surface area contributed by atoms with Crippen molar-refractivity contribution in [3.05, 3.63) is 34.9 Å². The molecule has 1 heterocycles. The number of ether oxygens (including phenoxy) is 1. The molecule has 2 rings (SSSR count). The van der Waals surface area contributed by atoms with Crippen molar-refractivity contribution >= 4 is 6.29 Å². The van der Waals surface area contributed by atoms with Crippen molar-refractivity contribution in [3.63, 3.8) is 0 Å². The van der Waals surface area contributed by atoms with Gasteiger partial charge in [-0.05, 0) is 17.2 Å². The summed E-state index contributed by atoms with van der Waals surface area (Å²) in [6.07, 6.45) is -5.65. The lowest BCUT2D eigenvalue weighted by Gasteiger charge is -2.14. The predicted molar refractivity (Wildman–Crippen MR) is 45.4 cm³/mol. The zero-order valence-electron chi connectivity index (χ0n) is 7.54. The molecule has 1 atom stereocenters. The Labute approximate surface area is 83.7 Å². The van der Waals surface area contributed by atoms with Crippen LogP contribution in [-0.2, 0) is 11.3 Å². The first kappa shape index (κ1) is 10.2. The van der Waals surface area contributed by atoms with Gasteiger partial charge in [0.25, 0.3) is 0 Å². The average molecular weight is 216 g/mol. The number of halogens is 3.